The smallest absolute Gasteiger partial charge is 0.153 e. The van der Waals surface area contributed by atoms with Crippen molar-refractivity contribution in [3.05, 3.63) is 46.5 Å². The zero-order valence-corrected chi connectivity index (χ0v) is 10.3. The van der Waals surface area contributed by atoms with Crippen LogP contribution in [0.25, 0.3) is 0 Å². The molecule has 0 radical (unpaired) electrons. The number of imidazole rings is 1. The van der Waals surface area contributed by atoms with Crippen LogP contribution in [-0.2, 0) is 0 Å². The number of rotatable bonds is 2. The second kappa shape index (κ2) is 4.46. The Morgan fingerprint density at radius 2 is 2.39 bits per heavy atom. The minimum absolute atomic E-state index is 0.123. The Hall–Kier alpha value is -1.81. The first kappa shape index (κ1) is 11.3. The highest BCUT2D eigenvalue weighted by Crippen LogP contribution is 2.40. The molecule has 0 bridgehead atoms. The van der Waals surface area contributed by atoms with Crippen molar-refractivity contribution in [3.8, 4) is 5.75 Å². The molecule has 5 heteroatoms. The summed E-state index contributed by atoms with van der Waals surface area (Å²) in [6.45, 7) is 0.576. The predicted molar refractivity (Wildman–Crippen MR) is 67.4 cm³/mol. The van der Waals surface area contributed by atoms with Crippen LogP contribution in [0.15, 0.2) is 24.7 Å². The van der Waals surface area contributed by atoms with Crippen LogP contribution in [0, 0.1) is 0 Å². The summed E-state index contributed by atoms with van der Waals surface area (Å²) in [5, 5.41) is 0.543. The maximum Gasteiger partial charge on any atom is 0.153 e. The van der Waals surface area contributed by atoms with E-state index in [2.05, 4.69) is 9.97 Å². The summed E-state index contributed by atoms with van der Waals surface area (Å²) in [5.41, 5.74) is 2.37. The first-order valence-corrected chi connectivity index (χ1v) is 6.07. The standard InChI is InChI=1S/C13H11ClN2O2/c14-9-3-8(6-17)13-11(4-9)10(1-2-18-13)12-5-15-7-16-12/h3-7,10H,1-2H2,(H,15,16). The van der Waals surface area contributed by atoms with Crippen LogP contribution in [0.2, 0.25) is 5.02 Å². The number of fused-ring (bicyclic) bond motifs is 1. The maximum atomic E-state index is 11.1. The lowest BCUT2D eigenvalue weighted by Crippen LogP contribution is -2.17. The zero-order valence-electron chi connectivity index (χ0n) is 9.52. The fourth-order valence-electron chi connectivity index (χ4n) is 2.35. The molecule has 0 spiro atoms. The molecule has 1 atom stereocenters. The van der Waals surface area contributed by atoms with E-state index in [0.29, 0.717) is 22.9 Å². The number of ether oxygens (including phenoxy) is 1. The third-order valence-electron chi connectivity index (χ3n) is 3.14. The van der Waals surface area contributed by atoms with E-state index in [-0.39, 0.29) is 5.92 Å². The highest BCUT2D eigenvalue weighted by atomic mass is 35.5. The number of aldehydes is 1. The normalized spacial score (nSPS) is 17.9. The third kappa shape index (κ3) is 1.78. The van der Waals surface area contributed by atoms with Crippen molar-refractivity contribution in [2.45, 2.75) is 12.3 Å². The molecule has 2 heterocycles. The van der Waals surface area contributed by atoms with E-state index in [9.17, 15) is 4.79 Å². The van der Waals surface area contributed by atoms with E-state index >= 15 is 0 Å². The number of hydrogen-bond donors (Lipinski definition) is 1. The maximum absolute atomic E-state index is 11.1. The first-order valence-electron chi connectivity index (χ1n) is 5.69. The van der Waals surface area contributed by atoms with Crippen LogP contribution in [0.4, 0.5) is 0 Å². The summed E-state index contributed by atoms with van der Waals surface area (Å²) < 4.78 is 5.60. The van der Waals surface area contributed by atoms with Gasteiger partial charge in [-0.3, -0.25) is 4.79 Å². The molecule has 18 heavy (non-hydrogen) atoms. The average molecular weight is 263 g/mol. The fraction of sp³-hybridized carbons (Fsp3) is 0.231. The molecule has 1 aliphatic heterocycles. The Balaban J connectivity index is 2.16. The quantitative estimate of drug-likeness (QED) is 0.847. The molecule has 2 aromatic rings. The lowest BCUT2D eigenvalue weighted by Gasteiger charge is -2.26. The summed E-state index contributed by atoms with van der Waals surface area (Å²) in [6, 6.07) is 3.47. The van der Waals surface area contributed by atoms with E-state index in [4.69, 9.17) is 16.3 Å². The van der Waals surface area contributed by atoms with Gasteiger partial charge in [0, 0.05) is 22.7 Å². The van der Waals surface area contributed by atoms with Gasteiger partial charge in [0.15, 0.2) is 6.29 Å². The number of H-pyrrole nitrogens is 1. The second-order valence-electron chi connectivity index (χ2n) is 4.22. The van der Waals surface area contributed by atoms with Crippen molar-refractivity contribution in [3.63, 3.8) is 0 Å². The van der Waals surface area contributed by atoms with Gasteiger partial charge in [-0.15, -0.1) is 0 Å². The van der Waals surface area contributed by atoms with Gasteiger partial charge in [0.05, 0.1) is 24.2 Å². The number of hydrogen-bond acceptors (Lipinski definition) is 3. The summed E-state index contributed by atoms with van der Waals surface area (Å²) in [7, 11) is 0. The monoisotopic (exact) mass is 262 g/mol. The molecule has 0 saturated carbocycles. The van der Waals surface area contributed by atoms with Gasteiger partial charge in [-0.25, -0.2) is 4.98 Å². The van der Waals surface area contributed by atoms with E-state index in [0.717, 1.165) is 24.0 Å². The Morgan fingerprint density at radius 1 is 1.50 bits per heavy atom. The van der Waals surface area contributed by atoms with Gasteiger partial charge >= 0.3 is 0 Å². The highest BCUT2D eigenvalue weighted by molar-refractivity contribution is 6.31. The Labute approximate surface area is 109 Å². The molecule has 1 aromatic carbocycles. The molecular formula is C13H11ClN2O2. The molecule has 4 nitrogen and oxygen atoms in total. The summed E-state index contributed by atoms with van der Waals surface area (Å²) in [5.74, 6) is 0.756. The van der Waals surface area contributed by atoms with Gasteiger partial charge in [0.2, 0.25) is 0 Å². The van der Waals surface area contributed by atoms with Crippen molar-refractivity contribution >= 4 is 17.9 Å². The van der Waals surface area contributed by atoms with Crippen molar-refractivity contribution in [1.82, 2.24) is 9.97 Å². The summed E-state index contributed by atoms with van der Waals surface area (Å²) in [4.78, 5) is 18.3. The summed E-state index contributed by atoms with van der Waals surface area (Å²) in [6.07, 6.45) is 5.12. The van der Waals surface area contributed by atoms with E-state index < -0.39 is 0 Å². The van der Waals surface area contributed by atoms with Crippen LogP contribution in [0.1, 0.15) is 34.0 Å². The zero-order chi connectivity index (χ0) is 12.5. The Kier molecular flexibility index (Phi) is 2.80. The van der Waals surface area contributed by atoms with Gasteiger partial charge in [-0.1, -0.05) is 11.6 Å². The predicted octanol–water partition coefficient (Wildman–Crippen LogP) is 2.79. The molecule has 1 unspecified atom stereocenters. The molecule has 1 N–H and O–H groups in total. The van der Waals surface area contributed by atoms with Crippen molar-refractivity contribution in [2.75, 3.05) is 6.61 Å². The minimum atomic E-state index is 0.123. The number of nitrogens with one attached hydrogen (secondary N) is 1. The van der Waals surface area contributed by atoms with Gasteiger partial charge in [-0.2, -0.15) is 0 Å². The number of aromatic amines is 1. The van der Waals surface area contributed by atoms with Gasteiger partial charge in [0.25, 0.3) is 0 Å². The van der Waals surface area contributed by atoms with Crippen LogP contribution in [0.5, 0.6) is 5.75 Å². The Morgan fingerprint density at radius 3 is 3.11 bits per heavy atom. The second-order valence-corrected chi connectivity index (χ2v) is 4.65. The van der Waals surface area contributed by atoms with Crippen molar-refractivity contribution in [2.24, 2.45) is 0 Å². The van der Waals surface area contributed by atoms with E-state index in [1.165, 1.54) is 0 Å². The lowest BCUT2D eigenvalue weighted by atomic mass is 9.89. The molecule has 0 amide bonds. The minimum Gasteiger partial charge on any atom is -0.492 e. The average Bonchev–Trinajstić information content (AvgIpc) is 2.90. The topological polar surface area (TPSA) is 55.0 Å². The molecule has 0 aliphatic carbocycles. The number of nitrogens with zero attached hydrogens (tertiary/aromatic N) is 1. The molecule has 1 aliphatic rings. The number of halogens is 1. The van der Waals surface area contributed by atoms with Crippen molar-refractivity contribution < 1.29 is 9.53 Å². The first-order chi connectivity index (χ1) is 8.79. The highest BCUT2D eigenvalue weighted by Gasteiger charge is 2.27. The number of aromatic nitrogens is 2. The summed E-state index contributed by atoms with van der Waals surface area (Å²) >= 11 is 6.04. The van der Waals surface area contributed by atoms with Crippen LogP contribution in [0.3, 0.4) is 0 Å². The van der Waals surface area contributed by atoms with Gasteiger partial charge in [0.1, 0.15) is 5.75 Å². The lowest BCUT2D eigenvalue weighted by molar-refractivity contribution is 0.111. The molecule has 92 valence electrons. The van der Waals surface area contributed by atoms with Crippen LogP contribution < -0.4 is 4.74 Å². The van der Waals surface area contributed by atoms with Crippen molar-refractivity contribution in [1.29, 1.82) is 0 Å². The molecule has 1 aromatic heterocycles. The Bertz CT molecular complexity index is 581. The number of carbonyl (C=O) groups excluding carboxylic acids is 1. The molecule has 3 rings (SSSR count). The molecule has 0 saturated heterocycles. The van der Waals surface area contributed by atoms with E-state index in [1.54, 1.807) is 12.4 Å². The largest absolute Gasteiger partial charge is 0.492 e. The van der Waals surface area contributed by atoms with Crippen LogP contribution in [-0.4, -0.2) is 22.9 Å². The third-order valence-corrected chi connectivity index (χ3v) is 3.36. The molecular weight excluding hydrogens is 252 g/mol. The van der Waals surface area contributed by atoms with Gasteiger partial charge < -0.3 is 9.72 Å². The van der Waals surface area contributed by atoms with E-state index in [1.807, 2.05) is 12.3 Å². The number of benzene rings is 1. The van der Waals surface area contributed by atoms with Gasteiger partial charge in [-0.05, 0) is 18.6 Å². The SMILES string of the molecule is O=Cc1cc(Cl)cc2c1OCCC2c1c[nH]cn1. The molecule has 0 fully saturated rings. The fourth-order valence-corrected chi connectivity index (χ4v) is 2.59. The number of carbonyl (C=O) groups is 1. The van der Waals surface area contributed by atoms with Crippen LogP contribution >= 0.6 is 11.6 Å².